The van der Waals surface area contributed by atoms with Crippen LogP contribution >= 0.6 is 0 Å². The molecule has 0 unspecified atom stereocenters. The van der Waals surface area contributed by atoms with Crippen molar-refractivity contribution in [3.8, 4) is 0 Å². The van der Waals surface area contributed by atoms with Crippen LogP contribution in [0.4, 0.5) is 17.3 Å². The van der Waals surface area contributed by atoms with Crippen LogP contribution in [0.3, 0.4) is 0 Å². The van der Waals surface area contributed by atoms with Gasteiger partial charge < -0.3 is 15.5 Å². The number of hydrogen-bond acceptors (Lipinski definition) is 6. The molecule has 0 bridgehead atoms. The summed E-state index contributed by atoms with van der Waals surface area (Å²) in [5, 5.41) is 0. The molecule has 1 aliphatic heterocycles. The summed E-state index contributed by atoms with van der Waals surface area (Å²) in [5.41, 5.74) is 6.54. The number of nitrogens with two attached hydrogens (primary N) is 1. The third-order valence-electron chi connectivity index (χ3n) is 3.27. The van der Waals surface area contributed by atoms with Crippen LogP contribution in [-0.2, 0) is 0 Å². The van der Waals surface area contributed by atoms with Gasteiger partial charge in [-0.3, -0.25) is 0 Å². The first-order valence-corrected chi connectivity index (χ1v) is 6.31. The van der Waals surface area contributed by atoms with Crippen molar-refractivity contribution in [3.05, 3.63) is 36.9 Å². The molecule has 2 N–H and O–H groups in total. The number of anilines is 3. The highest BCUT2D eigenvalue weighted by molar-refractivity contribution is 5.61. The summed E-state index contributed by atoms with van der Waals surface area (Å²) in [5.74, 6) is 1.86. The second-order valence-electron chi connectivity index (χ2n) is 4.46. The van der Waals surface area contributed by atoms with Gasteiger partial charge in [0.15, 0.2) is 5.82 Å². The lowest BCUT2D eigenvalue weighted by molar-refractivity contribution is 0.642. The van der Waals surface area contributed by atoms with Gasteiger partial charge in [-0.05, 0) is 12.1 Å². The molecule has 0 atom stereocenters. The molecule has 1 aliphatic rings. The molecule has 2 aromatic rings. The predicted octanol–water partition coefficient (Wildman–Crippen LogP) is 0.780. The molecule has 2 aromatic heterocycles. The minimum absolute atomic E-state index is 0.633. The van der Waals surface area contributed by atoms with E-state index in [0.717, 1.165) is 37.8 Å². The minimum atomic E-state index is 0.633. The van der Waals surface area contributed by atoms with Gasteiger partial charge in [-0.15, -0.1) is 0 Å². The van der Waals surface area contributed by atoms with E-state index in [1.54, 1.807) is 6.20 Å². The highest BCUT2D eigenvalue weighted by atomic mass is 15.3. The van der Waals surface area contributed by atoms with Crippen LogP contribution < -0.4 is 15.5 Å². The van der Waals surface area contributed by atoms with E-state index in [9.17, 15) is 0 Å². The Hall–Kier alpha value is -2.37. The third kappa shape index (κ3) is 2.42. The monoisotopic (exact) mass is 256 g/mol. The molecule has 0 radical (unpaired) electrons. The van der Waals surface area contributed by atoms with Crippen molar-refractivity contribution in [2.75, 3.05) is 41.7 Å². The molecule has 98 valence electrons. The second-order valence-corrected chi connectivity index (χ2v) is 4.46. The van der Waals surface area contributed by atoms with E-state index in [1.807, 2.05) is 24.4 Å². The van der Waals surface area contributed by atoms with Crippen molar-refractivity contribution in [1.82, 2.24) is 15.0 Å². The maximum atomic E-state index is 5.90. The zero-order valence-corrected chi connectivity index (χ0v) is 10.6. The van der Waals surface area contributed by atoms with Crippen LogP contribution in [0, 0.1) is 0 Å². The van der Waals surface area contributed by atoms with Gasteiger partial charge in [-0.25, -0.2) is 15.0 Å². The average Bonchev–Trinajstić information content (AvgIpc) is 2.49. The van der Waals surface area contributed by atoms with Crippen LogP contribution in [0.5, 0.6) is 0 Å². The van der Waals surface area contributed by atoms with Crippen molar-refractivity contribution in [2.45, 2.75) is 0 Å². The van der Waals surface area contributed by atoms with E-state index in [-0.39, 0.29) is 0 Å². The van der Waals surface area contributed by atoms with Crippen molar-refractivity contribution >= 4 is 17.3 Å². The van der Waals surface area contributed by atoms with Gasteiger partial charge in [-0.2, -0.15) is 0 Å². The lowest BCUT2D eigenvalue weighted by Gasteiger charge is -2.36. The molecule has 1 fully saturated rings. The predicted molar refractivity (Wildman–Crippen MR) is 75.1 cm³/mol. The highest BCUT2D eigenvalue weighted by Gasteiger charge is 2.20. The van der Waals surface area contributed by atoms with Gasteiger partial charge >= 0.3 is 0 Å². The molecule has 6 heteroatoms. The maximum absolute atomic E-state index is 5.90. The highest BCUT2D eigenvalue weighted by Crippen LogP contribution is 2.21. The summed E-state index contributed by atoms with van der Waals surface area (Å²) < 4.78 is 0. The molecule has 0 spiro atoms. The lowest BCUT2D eigenvalue weighted by atomic mass is 10.3. The number of piperazine rings is 1. The van der Waals surface area contributed by atoms with E-state index in [4.69, 9.17) is 5.73 Å². The SMILES string of the molecule is Nc1cncnc1N1CCN(c2ccccn2)CC1. The van der Waals surface area contributed by atoms with Crippen molar-refractivity contribution in [1.29, 1.82) is 0 Å². The topological polar surface area (TPSA) is 71.2 Å². The third-order valence-corrected chi connectivity index (χ3v) is 3.27. The number of nitrogen functional groups attached to an aromatic ring is 1. The summed E-state index contributed by atoms with van der Waals surface area (Å²) in [4.78, 5) is 17.0. The fourth-order valence-corrected chi connectivity index (χ4v) is 2.29. The Morgan fingerprint density at radius 2 is 1.79 bits per heavy atom. The fourth-order valence-electron chi connectivity index (χ4n) is 2.29. The number of hydrogen-bond donors (Lipinski definition) is 1. The zero-order valence-electron chi connectivity index (χ0n) is 10.6. The average molecular weight is 256 g/mol. The quantitative estimate of drug-likeness (QED) is 0.856. The molecular weight excluding hydrogens is 240 g/mol. The Balaban J connectivity index is 1.69. The molecule has 1 saturated heterocycles. The van der Waals surface area contributed by atoms with E-state index in [2.05, 4.69) is 24.8 Å². The van der Waals surface area contributed by atoms with Crippen LogP contribution in [0.25, 0.3) is 0 Å². The van der Waals surface area contributed by atoms with Crippen molar-refractivity contribution in [3.63, 3.8) is 0 Å². The minimum Gasteiger partial charge on any atom is -0.394 e. The van der Waals surface area contributed by atoms with Gasteiger partial charge in [-0.1, -0.05) is 6.07 Å². The van der Waals surface area contributed by atoms with Gasteiger partial charge in [0.05, 0.1) is 11.9 Å². The summed E-state index contributed by atoms with van der Waals surface area (Å²) in [7, 11) is 0. The Morgan fingerprint density at radius 1 is 1.00 bits per heavy atom. The Kier molecular flexibility index (Phi) is 3.14. The molecule has 3 heterocycles. The number of aromatic nitrogens is 3. The fraction of sp³-hybridized carbons (Fsp3) is 0.308. The standard InChI is InChI=1S/C13H16N6/c14-11-9-15-10-17-13(11)19-7-5-18(6-8-19)12-3-1-2-4-16-12/h1-4,9-10H,5-8,14H2. The molecular formula is C13H16N6. The Labute approximate surface area is 111 Å². The molecule has 3 rings (SSSR count). The summed E-state index contributed by atoms with van der Waals surface area (Å²) >= 11 is 0. The summed E-state index contributed by atoms with van der Waals surface area (Å²) in [6.45, 7) is 3.61. The summed E-state index contributed by atoms with van der Waals surface area (Å²) in [6.07, 6.45) is 5.01. The maximum Gasteiger partial charge on any atom is 0.155 e. The van der Waals surface area contributed by atoms with Crippen LogP contribution in [0.1, 0.15) is 0 Å². The molecule has 0 saturated carbocycles. The second kappa shape index (κ2) is 5.09. The van der Waals surface area contributed by atoms with Crippen LogP contribution in [0.2, 0.25) is 0 Å². The van der Waals surface area contributed by atoms with E-state index >= 15 is 0 Å². The largest absolute Gasteiger partial charge is 0.394 e. The lowest BCUT2D eigenvalue weighted by Crippen LogP contribution is -2.47. The first kappa shape index (κ1) is 11.7. The Morgan fingerprint density at radius 3 is 2.47 bits per heavy atom. The molecule has 6 nitrogen and oxygen atoms in total. The van der Waals surface area contributed by atoms with E-state index in [0.29, 0.717) is 5.69 Å². The molecule has 19 heavy (non-hydrogen) atoms. The first-order chi connectivity index (χ1) is 9.34. The summed E-state index contributed by atoms with van der Waals surface area (Å²) in [6, 6.07) is 5.98. The molecule has 0 aromatic carbocycles. The van der Waals surface area contributed by atoms with Gasteiger partial charge in [0, 0.05) is 32.4 Å². The van der Waals surface area contributed by atoms with Crippen LogP contribution in [0.15, 0.2) is 36.9 Å². The first-order valence-electron chi connectivity index (χ1n) is 6.31. The van der Waals surface area contributed by atoms with Crippen molar-refractivity contribution < 1.29 is 0 Å². The smallest absolute Gasteiger partial charge is 0.155 e. The van der Waals surface area contributed by atoms with E-state index < -0.39 is 0 Å². The molecule has 0 aliphatic carbocycles. The number of rotatable bonds is 2. The molecule has 0 amide bonds. The van der Waals surface area contributed by atoms with Crippen molar-refractivity contribution in [2.24, 2.45) is 0 Å². The number of nitrogens with zero attached hydrogens (tertiary/aromatic N) is 5. The van der Waals surface area contributed by atoms with Gasteiger partial charge in [0.25, 0.3) is 0 Å². The van der Waals surface area contributed by atoms with E-state index in [1.165, 1.54) is 6.33 Å². The van der Waals surface area contributed by atoms with Gasteiger partial charge in [0.2, 0.25) is 0 Å². The Bertz CT molecular complexity index is 536. The zero-order chi connectivity index (χ0) is 13.1. The van der Waals surface area contributed by atoms with Crippen LogP contribution in [-0.4, -0.2) is 41.1 Å². The van der Waals surface area contributed by atoms with Gasteiger partial charge in [0.1, 0.15) is 12.1 Å². The number of pyridine rings is 1. The normalized spacial score (nSPS) is 15.6.